The zero-order valence-electron chi connectivity index (χ0n) is 31.0. The molecule has 0 aliphatic heterocycles. The van der Waals surface area contributed by atoms with Gasteiger partial charge in [0, 0.05) is 61.5 Å². The van der Waals surface area contributed by atoms with Crippen LogP contribution in [-0.4, -0.2) is 190 Å². The molecule has 3 atom stereocenters. The summed E-state index contributed by atoms with van der Waals surface area (Å²) in [4.78, 5) is 85.7. The van der Waals surface area contributed by atoms with Gasteiger partial charge in [-0.25, -0.2) is 0 Å². The number of nitrogens with zero attached hydrogens (tertiary/aromatic N) is 4. The molecule has 0 saturated heterocycles. The predicted octanol–water partition coefficient (Wildman–Crippen LogP) is 0.231. The van der Waals surface area contributed by atoms with E-state index in [0.29, 0.717) is 0 Å². The van der Waals surface area contributed by atoms with E-state index in [1.807, 2.05) is 113 Å². The molecule has 0 bridgehead atoms. The highest BCUT2D eigenvalue weighted by Gasteiger charge is 2.34. The number of anilines is 2. The minimum atomic E-state index is -1.82. The molecule has 0 saturated carbocycles. The first-order valence-electron chi connectivity index (χ1n) is 16.5. The van der Waals surface area contributed by atoms with Gasteiger partial charge in [0.05, 0.1) is 79.9 Å². The average molecular weight is 1490 g/mol. The molecule has 322 valence electrons. The Labute approximate surface area is 414 Å². The fraction of sp³-hybridized carbons (Fsp3) is 0.455. The number of nitrogens with one attached hydrogen (secondary N) is 2. The second-order valence-electron chi connectivity index (χ2n) is 12.5. The van der Waals surface area contributed by atoms with Gasteiger partial charge in [-0.1, -0.05) is 0 Å². The van der Waals surface area contributed by atoms with Crippen LogP contribution in [0.3, 0.4) is 0 Å². The summed E-state index contributed by atoms with van der Waals surface area (Å²) in [6, 6.07) is 0. The molecule has 25 heteroatoms. The van der Waals surface area contributed by atoms with Crippen molar-refractivity contribution in [2.45, 2.75) is 18.3 Å². The molecule has 0 aliphatic rings. The van der Waals surface area contributed by atoms with Gasteiger partial charge in [-0.05, 0) is 136 Å². The lowest BCUT2D eigenvalue weighted by molar-refractivity contribution is -0.125. The standard InChI is InChI=1S/C33H40I6N6O13/c1-42(30(55)17-21(34)19(32(57)44(3)7-13(50)9-46)24(37)27(23(17)36)40-16(53)12-49)5-6-43(2)31(56)18-22(35)20(33(58)45(4)8-14(51)10-47)26(39)28(25(18)38)41-29(54)15(52)11-48/h13-15,46-52H,5-12H2,1-4H3,(H,40,53)(H,41,54). The number of carbonyl (C=O) groups is 6. The summed E-state index contributed by atoms with van der Waals surface area (Å²) in [6.07, 6.45) is -4.34. The molecule has 2 aromatic carbocycles. The molecular weight excluding hydrogens is 1450 g/mol. The molecule has 6 amide bonds. The maximum absolute atomic E-state index is 14.2. The molecule has 0 heterocycles. The Balaban J connectivity index is 2.62. The first-order valence-corrected chi connectivity index (χ1v) is 23.0. The number of halogens is 6. The Morgan fingerprint density at radius 1 is 0.500 bits per heavy atom. The van der Waals surface area contributed by atoms with Crippen LogP contribution >= 0.6 is 136 Å². The number of amides is 6. The third-order valence-corrected chi connectivity index (χ3v) is 14.6. The van der Waals surface area contributed by atoms with Gasteiger partial charge in [-0.2, -0.15) is 0 Å². The molecule has 0 radical (unpaired) electrons. The smallest absolute Gasteiger partial charge is 0.255 e. The van der Waals surface area contributed by atoms with Crippen LogP contribution in [0, 0.1) is 21.4 Å². The summed E-state index contributed by atoms with van der Waals surface area (Å²) in [7, 11) is 5.66. The van der Waals surface area contributed by atoms with E-state index in [9.17, 15) is 64.5 Å². The fourth-order valence-corrected chi connectivity index (χ4v) is 13.7. The van der Waals surface area contributed by atoms with Crippen molar-refractivity contribution in [2.24, 2.45) is 0 Å². The maximum atomic E-state index is 14.2. The lowest BCUT2D eigenvalue weighted by Crippen LogP contribution is -2.40. The minimum Gasteiger partial charge on any atom is -0.394 e. The van der Waals surface area contributed by atoms with Crippen LogP contribution in [0.5, 0.6) is 0 Å². The van der Waals surface area contributed by atoms with Crippen molar-refractivity contribution in [2.75, 3.05) is 91.4 Å². The van der Waals surface area contributed by atoms with Gasteiger partial charge in [0.25, 0.3) is 29.5 Å². The molecule has 2 rings (SSSR count). The number of likely N-dealkylation sites (N-methyl/N-ethyl adjacent to an activating group) is 4. The van der Waals surface area contributed by atoms with E-state index in [0.717, 1.165) is 9.80 Å². The van der Waals surface area contributed by atoms with E-state index < -0.39 is 80.2 Å². The third-order valence-electron chi connectivity index (χ3n) is 8.17. The van der Waals surface area contributed by atoms with Crippen LogP contribution in [0.2, 0.25) is 0 Å². The summed E-state index contributed by atoms with van der Waals surface area (Å²) in [5, 5.41) is 72.4. The van der Waals surface area contributed by atoms with E-state index in [2.05, 4.69) is 10.6 Å². The summed E-state index contributed by atoms with van der Waals surface area (Å²) in [6.45, 7) is -3.70. The van der Waals surface area contributed by atoms with Crippen molar-refractivity contribution in [3.63, 3.8) is 0 Å². The van der Waals surface area contributed by atoms with Gasteiger partial charge in [-0.15, -0.1) is 0 Å². The van der Waals surface area contributed by atoms with Gasteiger partial charge < -0.3 is 66.0 Å². The molecule has 19 nitrogen and oxygen atoms in total. The van der Waals surface area contributed by atoms with Gasteiger partial charge in [0.15, 0.2) is 6.10 Å². The first kappa shape index (κ1) is 53.5. The summed E-state index contributed by atoms with van der Waals surface area (Å²) >= 11 is 11.0. The molecule has 2 aromatic rings. The number of hydrogen-bond acceptors (Lipinski definition) is 13. The van der Waals surface area contributed by atoms with Crippen molar-refractivity contribution < 1.29 is 64.5 Å². The number of carbonyl (C=O) groups excluding carboxylic acids is 6. The number of aliphatic hydroxyl groups excluding tert-OH is 7. The predicted molar refractivity (Wildman–Crippen MR) is 261 cm³/mol. The highest BCUT2D eigenvalue weighted by molar-refractivity contribution is 14.1. The summed E-state index contributed by atoms with van der Waals surface area (Å²) < 4.78 is 1.27. The molecule has 58 heavy (non-hydrogen) atoms. The fourth-order valence-electron chi connectivity index (χ4n) is 4.95. The molecular formula is C33H40I6N6O13. The second kappa shape index (κ2) is 24.3. The third kappa shape index (κ3) is 13.0. The Morgan fingerprint density at radius 2 is 0.810 bits per heavy atom. The topological polar surface area (TPSA) is 281 Å². The number of aliphatic hydroxyl groups is 7. The van der Waals surface area contributed by atoms with Crippen molar-refractivity contribution in [1.82, 2.24) is 19.6 Å². The van der Waals surface area contributed by atoms with Crippen LogP contribution < -0.4 is 10.6 Å². The van der Waals surface area contributed by atoms with E-state index in [1.165, 1.54) is 38.0 Å². The molecule has 3 unspecified atom stereocenters. The monoisotopic (exact) mass is 1490 g/mol. The highest BCUT2D eigenvalue weighted by Crippen LogP contribution is 2.38. The largest absolute Gasteiger partial charge is 0.394 e. The lowest BCUT2D eigenvalue weighted by Gasteiger charge is -2.27. The number of rotatable bonds is 18. The Kier molecular flexibility index (Phi) is 22.4. The molecule has 9 N–H and O–H groups in total. The van der Waals surface area contributed by atoms with Crippen LogP contribution in [-0.2, 0) is 9.59 Å². The van der Waals surface area contributed by atoms with Gasteiger partial charge >= 0.3 is 0 Å². The summed E-state index contributed by atoms with van der Waals surface area (Å²) in [5.74, 6) is -4.35. The zero-order chi connectivity index (χ0) is 44.5. The zero-order valence-corrected chi connectivity index (χ0v) is 44.0. The summed E-state index contributed by atoms with van der Waals surface area (Å²) in [5.41, 5.74) is 0.0822. The van der Waals surface area contributed by atoms with Crippen molar-refractivity contribution in [3.05, 3.63) is 43.7 Å². The van der Waals surface area contributed by atoms with E-state index in [-0.39, 0.29) is 81.2 Å². The number of benzene rings is 2. The second-order valence-corrected chi connectivity index (χ2v) is 19.0. The van der Waals surface area contributed by atoms with E-state index in [4.69, 9.17) is 0 Å². The van der Waals surface area contributed by atoms with Crippen LogP contribution in [0.15, 0.2) is 0 Å². The van der Waals surface area contributed by atoms with Crippen LogP contribution in [0.4, 0.5) is 11.4 Å². The molecule has 0 fully saturated rings. The quantitative estimate of drug-likeness (QED) is 0.0906. The minimum absolute atomic E-state index is 0.00330. The Hall–Kier alpha value is -0.640. The van der Waals surface area contributed by atoms with Crippen LogP contribution in [0.1, 0.15) is 41.4 Å². The van der Waals surface area contributed by atoms with Gasteiger partial charge in [0.1, 0.15) is 6.61 Å². The first-order chi connectivity index (χ1) is 27.0. The Morgan fingerprint density at radius 3 is 1.10 bits per heavy atom. The highest BCUT2D eigenvalue weighted by atomic mass is 127. The maximum Gasteiger partial charge on any atom is 0.255 e. The average Bonchev–Trinajstić information content (AvgIpc) is 3.18. The van der Waals surface area contributed by atoms with Crippen LogP contribution in [0.25, 0.3) is 0 Å². The van der Waals surface area contributed by atoms with Crippen molar-refractivity contribution >= 4 is 182 Å². The molecule has 0 spiro atoms. The van der Waals surface area contributed by atoms with Crippen molar-refractivity contribution in [3.8, 4) is 0 Å². The SMILES string of the molecule is CN(CCN(C)C(=O)c1c(I)c(NC(=O)C(O)CO)c(I)c(C(=O)N(C)CC(O)CO)c1I)C(=O)c1c(I)c(NC(=O)CO)c(I)c(C(=O)N(C)CC(O)CO)c1I. The lowest BCUT2D eigenvalue weighted by atomic mass is 10.1. The van der Waals surface area contributed by atoms with E-state index >= 15 is 0 Å². The molecule has 0 aliphatic carbocycles. The van der Waals surface area contributed by atoms with Crippen molar-refractivity contribution in [1.29, 1.82) is 0 Å². The Bertz CT molecular complexity index is 1930. The molecule has 0 aromatic heterocycles. The number of hydrogen-bond donors (Lipinski definition) is 9. The van der Waals surface area contributed by atoms with Gasteiger partial charge in [-0.3, -0.25) is 28.8 Å². The van der Waals surface area contributed by atoms with E-state index in [1.54, 1.807) is 22.6 Å². The van der Waals surface area contributed by atoms with Gasteiger partial charge in [0.2, 0.25) is 5.91 Å². The normalized spacial score (nSPS) is 12.6.